The minimum absolute atomic E-state index is 0.0817. The molecule has 0 aromatic rings. The number of methoxy groups -OCH3 is 2. The molecule has 5 nitrogen and oxygen atoms in total. The Bertz CT molecular complexity index is 309. The van der Waals surface area contributed by atoms with Crippen LogP contribution in [0.2, 0.25) is 0 Å². The van der Waals surface area contributed by atoms with E-state index in [-0.39, 0.29) is 17.7 Å². The van der Waals surface area contributed by atoms with E-state index in [2.05, 4.69) is 9.47 Å². The average Bonchev–Trinajstić information content (AvgIpc) is 2.71. The quantitative estimate of drug-likeness (QED) is 0.660. The minimum atomic E-state index is -0.508. The zero-order valence-electron chi connectivity index (χ0n) is 9.69. The van der Waals surface area contributed by atoms with Crippen LogP contribution in [-0.4, -0.2) is 31.9 Å². The summed E-state index contributed by atoms with van der Waals surface area (Å²) in [6.45, 7) is 1.43. The third kappa shape index (κ3) is 2.40. The van der Waals surface area contributed by atoms with Crippen molar-refractivity contribution in [3.63, 3.8) is 0 Å². The van der Waals surface area contributed by atoms with Gasteiger partial charge in [0.15, 0.2) is 0 Å². The molecule has 0 aromatic carbocycles. The smallest absolute Gasteiger partial charge is 0.309 e. The van der Waals surface area contributed by atoms with Crippen LogP contribution >= 0.6 is 0 Å². The molecule has 0 aliphatic heterocycles. The summed E-state index contributed by atoms with van der Waals surface area (Å²) in [5.41, 5.74) is 0. The van der Waals surface area contributed by atoms with E-state index in [9.17, 15) is 14.4 Å². The molecule has 0 radical (unpaired) electrons. The number of ether oxygens (including phenoxy) is 2. The Morgan fingerprint density at radius 1 is 0.938 bits per heavy atom. The van der Waals surface area contributed by atoms with Crippen LogP contribution in [0.4, 0.5) is 0 Å². The van der Waals surface area contributed by atoms with Gasteiger partial charge in [-0.1, -0.05) is 0 Å². The molecule has 1 aliphatic rings. The molecule has 16 heavy (non-hydrogen) atoms. The van der Waals surface area contributed by atoms with Crippen LogP contribution in [0.25, 0.3) is 0 Å². The first-order valence-corrected chi connectivity index (χ1v) is 5.17. The molecule has 0 bridgehead atoms. The van der Waals surface area contributed by atoms with Gasteiger partial charge >= 0.3 is 11.9 Å². The maximum absolute atomic E-state index is 11.5. The summed E-state index contributed by atoms with van der Waals surface area (Å²) in [4.78, 5) is 34.2. The lowest BCUT2D eigenvalue weighted by molar-refractivity contribution is -0.149. The van der Waals surface area contributed by atoms with Crippen molar-refractivity contribution in [3.05, 3.63) is 0 Å². The monoisotopic (exact) mass is 228 g/mol. The highest BCUT2D eigenvalue weighted by Gasteiger charge is 2.44. The fraction of sp³-hybridized carbons (Fsp3) is 0.727. The van der Waals surface area contributed by atoms with Crippen LogP contribution in [0, 0.1) is 17.8 Å². The SMILES string of the molecule is COC(=O)[C@@H]1C[C@H](C(=O)OC)[C@H](C(C)=O)C1. The number of ketones is 1. The van der Waals surface area contributed by atoms with Gasteiger partial charge in [-0.05, 0) is 19.8 Å². The van der Waals surface area contributed by atoms with Crippen LogP contribution in [0.3, 0.4) is 0 Å². The van der Waals surface area contributed by atoms with Gasteiger partial charge in [0.05, 0.1) is 26.1 Å². The highest BCUT2D eigenvalue weighted by atomic mass is 16.5. The van der Waals surface area contributed by atoms with Gasteiger partial charge in [-0.25, -0.2) is 0 Å². The van der Waals surface area contributed by atoms with E-state index >= 15 is 0 Å². The van der Waals surface area contributed by atoms with E-state index in [0.717, 1.165) is 0 Å². The number of carbonyl (C=O) groups excluding carboxylic acids is 3. The van der Waals surface area contributed by atoms with Gasteiger partial charge in [-0.15, -0.1) is 0 Å². The van der Waals surface area contributed by atoms with Crippen molar-refractivity contribution < 1.29 is 23.9 Å². The number of hydrogen-bond acceptors (Lipinski definition) is 5. The first kappa shape index (κ1) is 12.7. The van der Waals surface area contributed by atoms with Crippen molar-refractivity contribution in [1.29, 1.82) is 0 Å². The van der Waals surface area contributed by atoms with E-state index in [4.69, 9.17) is 0 Å². The summed E-state index contributed by atoms with van der Waals surface area (Å²) in [6.07, 6.45) is 0.714. The van der Waals surface area contributed by atoms with E-state index < -0.39 is 17.8 Å². The second kappa shape index (κ2) is 5.09. The molecule has 0 aromatic heterocycles. The van der Waals surface area contributed by atoms with Gasteiger partial charge < -0.3 is 9.47 Å². The number of esters is 2. The first-order valence-electron chi connectivity index (χ1n) is 5.17. The van der Waals surface area contributed by atoms with Crippen molar-refractivity contribution in [1.82, 2.24) is 0 Å². The average molecular weight is 228 g/mol. The van der Waals surface area contributed by atoms with Crippen LogP contribution in [0.15, 0.2) is 0 Å². The fourth-order valence-electron chi connectivity index (χ4n) is 2.26. The van der Waals surface area contributed by atoms with Gasteiger partial charge in [-0.2, -0.15) is 0 Å². The van der Waals surface area contributed by atoms with Crippen LogP contribution in [0.5, 0.6) is 0 Å². The van der Waals surface area contributed by atoms with E-state index in [0.29, 0.717) is 12.8 Å². The number of rotatable bonds is 3. The van der Waals surface area contributed by atoms with E-state index in [1.54, 1.807) is 0 Å². The van der Waals surface area contributed by atoms with E-state index in [1.807, 2.05) is 0 Å². The molecule has 1 rings (SSSR count). The van der Waals surface area contributed by atoms with Crippen LogP contribution < -0.4 is 0 Å². The topological polar surface area (TPSA) is 69.7 Å². The molecule has 90 valence electrons. The summed E-state index contributed by atoms with van der Waals surface area (Å²) in [5.74, 6) is -2.17. The first-order chi connectivity index (χ1) is 7.51. The molecule has 5 heteroatoms. The Hall–Kier alpha value is -1.39. The molecule has 3 atom stereocenters. The lowest BCUT2D eigenvalue weighted by Crippen LogP contribution is -2.24. The molecule has 0 spiro atoms. The predicted octanol–water partition coefficient (Wildman–Crippen LogP) is 0.564. The molecule has 1 saturated carbocycles. The Morgan fingerprint density at radius 2 is 1.44 bits per heavy atom. The summed E-state index contributed by atoms with van der Waals surface area (Å²) in [7, 11) is 2.58. The largest absolute Gasteiger partial charge is 0.469 e. The molecular formula is C11H16O5. The second-order valence-corrected chi connectivity index (χ2v) is 4.04. The minimum Gasteiger partial charge on any atom is -0.469 e. The maximum Gasteiger partial charge on any atom is 0.309 e. The Kier molecular flexibility index (Phi) is 4.04. The predicted molar refractivity (Wildman–Crippen MR) is 54.4 cm³/mol. The summed E-state index contributed by atoms with van der Waals surface area (Å²) >= 11 is 0. The molecule has 0 amide bonds. The third-order valence-electron chi connectivity index (χ3n) is 3.12. The summed E-state index contributed by atoms with van der Waals surface area (Å²) in [6, 6.07) is 0. The second-order valence-electron chi connectivity index (χ2n) is 4.04. The molecule has 1 fully saturated rings. The summed E-state index contributed by atoms with van der Waals surface area (Å²) < 4.78 is 9.25. The lowest BCUT2D eigenvalue weighted by atomic mass is 9.93. The standard InChI is InChI=1S/C11H16O5/c1-6(12)8-4-7(10(13)15-2)5-9(8)11(14)16-3/h7-9H,4-5H2,1-3H3/t7-,8-,9-/m0/s1. The van der Waals surface area contributed by atoms with Gasteiger partial charge in [-0.3, -0.25) is 14.4 Å². The van der Waals surface area contributed by atoms with Crippen LogP contribution in [0.1, 0.15) is 19.8 Å². The maximum atomic E-state index is 11.5. The third-order valence-corrected chi connectivity index (χ3v) is 3.12. The zero-order valence-corrected chi connectivity index (χ0v) is 9.69. The molecule has 0 N–H and O–H groups in total. The summed E-state index contributed by atoms with van der Waals surface area (Å²) in [5, 5.41) is 0. The lowest BCUT2D eigenvalue weighted by Gasteiger charge is -2.13. The van der Waals surface area contributed by atoms with Crippen molar-refractivity contribution in [2.75, 3.05) is 14.2 Å². The Labute approximate surface area is 94.1 Å². The fourth-order valence-corrected chi connectivity index (χ4v) is 2.26. The molecular weight excluding hydrogens is 212 g/mol. The number of carbonyl (C=O) groups is 3. The van der Waals surface area contributed by atoms with Gasteiger partial charge in [0.1, 0.15) is 5.78 Å². The number of hydrogen-bond donors (Lipinski definition) is 0. The molecule has 0 unspecified atom stereocenters. The van der Waals surface area contributed by atoms with Gasteiger partial charge in [0.25, 0.3) is 0 Å². The zero-order chi connectivity index (χ0) is 12.3. The van der Waals surface area contributed by atoms with Crippen molar-refractivity contribution >= 4 is 17.7 Å². The van der Waals surface area contributed by atoms with Crippen molar-refractivity contribution in [2.24, 2.45) is 17.8 Å². The van der Waals surface area contributed by atoms with Crippen molar-refractivity contribution in [3.8, 4) is 0 Å². The van der Waals surface area contributed by atoms with Gasteiger partial charge in [0, 0.05) is 5.92 Å². The van der Waals surface area contributed by atoms with E-state index in [1.165, 1.54) is 21.1 Å². The highest BCUT2D eigenvalue weighted by Crippen LogP contribution is 2.38. The highest BCUT2D eigenvalue weighted by molar-refractivity contribution is 5.87. The Balaban J connectivity index is 2.79. The van der Waals surface area contributed by atoms with Crippen LogP contribution in [-0.2, 0) is 23.9 Å². The Morgan fingerprint density at radius 3 is 1.88 bits per heavy atom. The molecule has 0 heterocycles. The van der Waals surface area contributed by atoms with Crippen molar-refractivity contribution in [2.45, 2.75) is 19.8 Å². The normalized spacial score (nSPS) is 28.6. The molecule has 0 saturated heterocycles. The van der Waals surface area contributed by atoms with Gasteiger partial charge in [0.2, 0.25) is 0 Å². The molecule has 1 aliphatic carbocycles. The number of Topliss-reactive ketones (excluding diaryl/α,β-unsaturated/α-hetero) is 1.